The van der Waals surface area contributed by atoms with Crippen LogP contribution in [-0.2, 0) is 16.6 Å². The molecule has 1 N–H and O–H groups in total. The molecule has 0 unspecified atom stereocenters. The summed E-state index contributed by atoms with van der Waals surface area (Å²) in [4.78, 5) is -0.882. The molecule has 0 aromatic heterocycles. The highest BCUT2D eigenvalue weighted by atomic mass is 32.2. The van der Waals surface area contributed by atoms with Gasteiger partial charge in [0.2, 0.25) is 10.0 Å². The predicted molar refractivity (Wildman–Crippen MR) is 67.4 cm³/mol. The number of rotatable bonds is 5. The van der Waals surface area contributed by atoms with Crippen molar-refractivity contribution in [2.75, 3.05) is 6.54 Å². The third-order valence-electron chi connectivity index (χ3n) is 2.68. The van der Waals surface area contributed by atoms with E-state index in [0.717, 1.165) is 18.2 Å². The van der Waals surface area contributed by atoms with Crippen molar-refractivity contribution in [1.82, 2.24) is 4.31 Å². The highest BCUT2D eigenvalue weighted by Gasteiger charge is 2.39. The summed E-state index contributed by atoms with van der Waals surface area (Å²) in [5.41, 5.74) is 0.0886. The molecule has 0 aliphatic rings. The van der Waals surface area contributed by atoms with Crippen LogP contribution in [-0.4, -0.2) is 36.6 Å². The van der Waals surface area contributed by atoms with Crippen LogP contribution in [0.3, 0.4) is 0 Å². The molecule has 0 bridgehead atoms. The number of hydrogen-bond acceptors (Lipinski definition) is 3. The number of aliphatic hydroxyl groups is 1. The standard InChI is InChI=1S/C12H15F4NO3S/c1-8(2)17(7-12(14,15)16)21(19,20)11-5-9(6-18)3-4-10(11)13/h3-5,8,18H,6-7H2,1-2H3. The fourth-order valence-electron chi connectivity index (χ4n) is 1.69. The molecule has 120 valence electrons. The Morgan fingerprint density at radius 3 is 2.29 bits per heavy atom. The van der Waals surface area contributed by atoms with Gasteiger partial charge in [0.15, 0.2) is 0 Å². The van der Waals surface area contributed by atoms with Crippen LogP contribution in [0.15, 0.2) is 23.1 Å². The SMILES string of the molecule is CC(C)N(CC(F)(F)F)S(=O)(=O)c1cc(CO)ccc1F. The molecule has 0 fully saturated rings. The summed E-state index contributed by atoms with van der Waals surface area (Å²) in [7, 11) is -4.67. The van der Waals surface area contributed by atoms with Crippen molar-refractivity contribution in [3.63, 3.8) is 0 Å². The minimum Gasteiger partial charge on any atom is -0.392 e. The van der Waals surface area contributed by atoms with Gasteiger partial charge in [-0.15, -0.1) is 0 Å². The van der Waals surface area contributed by atoms with Crippen molar-refractivity contribution in [3.05, 3.63) is 29.6 Å². The molecular formula is C12H15F4NO3S. The second kappa shape index (κ2) is 6.29. The number of sulfonamides is 1. The van der Waals surface area contributed by atoms with E-state index in [4.69, 9.17) is 5.11 Å². The Hall–Kier alpha value is -1.19. The monoisotopic (exact) mass is 329 g/mol. The van der Waals surface area contributed by atoms with Crippen LogP contribution in [0.1, 0.15) is 19.4 Å². The fraction of sp³-hybridized carbons (Fsp3) is 0.500. The molecular weight excluding hydrogens is 314 g/mol. The van der Waals surface area contributed by atoms with Gasteiger partial charge in [0.25, 0.3) is 0 Å². The molecule has 0 amide bonds. The van der Waals surface area contributed by atoms with Crippen molar-refractivity contribution in [2.24, 2.45) is 0 Å². The molecule has 0 spiro atoms. The third kappa shape index (κ3) is 4.39. The molecule has 0 heterocycles. The van der Waals surface area contributed by atoms with Crippen LogP contribution in [0.4, 0.5) is 17.6 Å². The van der Waals surface area contributed by atoms with E-state index < -0.39 is 46.1 Å². The fourth-order valence-corrected chi connectivity index (χ4v) is 3.43. The summed E-state index contributed by atoms with van der Waals surface area (Å²) in [5.74, 6) is -1.17. The van der Waals surface area contributed by atoms with Crippen LogP contribution >= 0.6 is 0 Å². The molecule has 0 saturated heterocycles. The van der Waals surface area contributed by atoms with Gasteiger partial charge in [-0.25, -0.2) is 12.8 Å². The van der Waals surface area contributed by atoms with Gasteiger partial charge < -0.3 is 5.11 Å². The van der Waals surface area contributed by atoms with E-state index >= 15 is 0 Å². The Morgan fingerprint density at radius 1 is 1.29 bits per heavy atom. The highest BCUT2D eigenvalue weighted by molar-refractivity contribution is 7.89. The lowest BCUT2D eigenvalue weighted by Crippen LogP contribution is -2.43. The minimum atomic E-state index is -4.75. The number of benzene rings is 1. The summed E-state index contributed by atoms with van der Waals surface area (Å²) in [5, 5.41) is 8.94. The van der Waals surface area contributed by atoms with E-state index in [-0.39, 0.29) is 9.87 Å². The quantitative estimate of drug-likeness (QED) is 0.843. The first-order chi connectivity index (χ1) is 9.49. The first kappa shape index (κ1) is 17.9. The van der Waals surface area contributed by atoms with Gasteiger partial charge in [0.1, 0.15) is 17.3 Å². The van der Waals surface area contributed by atoms with Gasteiger partial charge in [-0.3, -0.25) is 0 Å². The topological polar surface area (TPSA) is 57.6 Å². The molecule has 0 saturated carbocycles. The molecule has 1 aromatic carbocycles. The summed E-state index contributed by atoms with van der Waals surface area (Å²) in [6.45, 7) is 0.258. The normalized spacial score (nSPS) is 13.2. The van der Waals surface area contributed by atoms with Gasteiger partial charge in [-0.1, -0.05) is 6.07 Å². The summed E-state index contributed by atoms with van der Waals surface area (Å²) >= 11 is 0. The molecule has 4 nitrogen and oxygen atoms in total. The lowest BCUT2D eigenvalue weighted by Gasteiger charge is -2.27. The van der Waals surface area contributed by atoms with Gasteiger partial charge >= 0.3 is 6.18 Å². The minimum absolute atomic E-state index is 0.0886. The third-order valence-corrected chi connectivity index (χ3v) is 4.71. The molecule has 1 rings (SSSR count). The largest absolute Gasteiger partial charge is 0.402 e. The van der Waals surface area contributed by atoms with Crippen LogP contribution < -0.4 is 0 Å². The van der Waals surface area contributed by atoms with Crippen molar-refractivity contribution in [3.8, 4) is 0 Å². The van der Waals surface area contributed by atoms with Crippen LogP contribution in [0, 0.1) is 5.82 Å². The second-order valence-corrected chi connectivity index (χ2v) is 6.54. The lowest BCUT2D eigenvalue weighted by molar-refractivity contribution is -0.138. The average Bonchev–Trinajstić information content (AvgIpc) is 2.35. The van der Waals surface area contributed by atoms with E-state index in [2.05, 4.69) is 0 Å². The van der Waals surface area contributed by atoms with Crippen LogP contribution in [0.2, 0.25) is 0 Å². The maximum absolute atomic E-state index is 13.7. The summed E-state index contributed by atoms with van der Waals surface area (Å²) < 4.78 is 75.9. The Balaban J connectivity index is 3.36. The van der Waals surface area contributed by atoms with Crippen molar-refractivity contribution in [2.45, 2.75) is 37.6 Å². The Kier molecular flexibility index (Phi) is 5.35. The maximum Gasteiger partial charge on any atom is 0.402 e. The van der Waals surface area contributed by atoms with Crippen molar-refractivity contribution >= 4 is 10.0 Å². The van der Waals surface area contributed by atoms with Gasteiger partial charge in [-0.05, 0) is 31.5 Å². The molecule has 21 heavy (non-hydrogen) atoms. The number of halogens is 4. The van der Waals surface area contributed by atoms with E-state index in [1.165, 1.54) is 13.8 Å². The lowest BCUT2D eigenvalue weighted by atomic mass is 10.2. The zero-order chi connectivity index (χ0) is 16.4. The number of hydrogen-bond donors (Lipinski definition) is 1. The van der Waals surface area contributed by atoms with E-state index in [9.17, 15) is 26.0 Å². The Labute approximate surface area is 120 Å². The molecule has 0 atom stereocenters. The molecule has 0 radical (unpaired) electrons. The zero-order valence-electron chi connectivity index (χ0n) is 11.4. The van der Waals surface area contributed by atoms with Crippen LogP contribution in [0.5, 0.6) is 0 Å². The molecule has 1 aromatic rings. The van der Waals surface area contributed by atoms with Gasteiger partial charge in [0.05, 0.1) is 6.61 Å². The number of nitrogens with zero attached hydrogens (tertiary/aromatic N) is 1. The molecule has 0 aliphatic heterocycles. The Bertz CT molecular complexity index is 599. The number of aliphatic hydroxyl groups excluding tert-OH is 1. The zero-order valence-corrected chi connectivity index (χ0v) is 12.2. The van der Waals surface area contributed by atoms with Crippen LogP contribution in [0.25, 0.3) is 0 Å². The van der Waals surface area contributed by atoms with Gasteiger partial charge in [0, 0.05) is 6.04 Å². The van der Waals surface area contributed by atoms with E-state index in [1.807, 2.05) is 0 Å². The Morgan fingerprint density at radius 2 is 1.86 bits per heavy atom. The van der Waals surface area contributed by atoms with Crippen molar-refractivity contribution in [1.29, 1.82) is 0 Å². The summed E-state index contributed by atoms with van der Waals surface area (Å²) in [6, 6.07) is 1.77. The molecule has 9 heteroatoms. The first-order valence-electron chi connectivity index (χ1n) is 5.97. The smallest absolute Gasteiger partial charge is 0.392 e. The van der Waals surface area contributed by atoms with Gasteiger partial charge in [-0.2, -0.15) is 17.5 Å². The van der Waals surface area contributed by atoms with Crippen molar-refractivity contribution < 1.29 is 31.1 Å². The average molecular weight is 329 g/mol. The first-order valence-corrected chi connectivity index (χ1v) is 7.41. The number of alkyl halides is 3. The molecule has 0 aliphatic carbocycles. The second-order valence-electron chi connectivity index (χ2n) is 4.68. The highest BCUT2D eigenvalue weighted by Crippen LogP contribution is 2.26. The van der Waals surface area contributed by atoms with E-state index in [1.54, 1.807) is 0 Å². The maximum atomic E-state index is 13.7. The predicted octanol–water partition coefficient (Wildman–Crippen LogP) is 2.28. The van der Waals surface area contributed by atoms with E-state index in [0.29, 0.717) is 0 Å². The summed E-state index contributed by atoms with van der Waals surface area (Å²) in [6.07, 6.45) is -4.75.